The number of hydrogen-bond donors (Lipinski definition) is 0. The van der Waals surface area contributed by atoms with Crippen LogP contribution in [-0.4, -0.2) is 33.6 Å². The lowest BCUT2D eigenvalue weighted by atomic mass is 10.3. The number of nitrogens with zero attached hydrogens (tertiary/aromatic N) is 3. The van der Waals surface area contributed by atoms with Crippen LogP contribution in [0.25, 0.3) is 11.2 Å². The minimum atomic E-state index is 0.577. The Hall–Kier alpha value is -1.13. The van der Waals surface area contributed by atoms with Crippen LogP contribution in [0.4, 0.5) is 0 Å². The van der Waals surface area contributed by atoms with Crippen LogP contribution in [-0.2, 0) is 17.7 Å². The van der Waals surface area contributed by atoms with Crippen molar-refractivity contribution in [3.05, 3.63) is 23.7 Å². The van der Waals surface area contributed by atoms with E-state index in [0.29, 0.717) is 5.88 Å². The molecule has 0 saturated heterocycles. The summed E-state index contributed by atoms with van der Waals surface area (Å²) in [7, 11) is 0. The van der Waals surface area contributed by atoms with E-state index in [4.69, 9.17) is 16.3 Å². The third kappa shape index (κ3) is 3.45. The summed E-state index contributed by atoms with van der Waals surface area (Å²) in [5.74, 6) is 1.59. The monoisotopic (exact) mass is 281 g/mol. The van der Waals surface area contributed by atoms with Gasteiger partial charge in [0.2, 0.25) is 0 Å². The molecule has 104 valence electrons. The number of halogens is 1. The molecule has 2 aromatic heterocycles. The fraction of sp³-hybridized carbons (Fsp3) is 0.571. The third-order valence-corrected chi connectivity index (χ3v) is 3.19. The SMILES string of the molecule is CCOCCCn1c(CCCl)nc2ccc(C)nc21. The Labute approximate surface area is 118 Å². The molecule has 2 rings (SSSR count). The van der Waals surface area contributed by atoms with E-state index in [1.54, 1.807) is 0 Å². The van der Waals surface area contributed by atoms with Crippen LogP contribution in [0.3, 0.4) is 0 Å². The molecule has 0 unspecified atom stereocenters. The number of fused-ring (bicyclic) bond motifs is 1. The van der Waals surface area contributed by atoms with Gasteiger partial charge in [-0.3, -0.25) is 0 Å². The Kier molecular flexibility index (Phi) is 5.16. The van der Waals surface area contributed by atoms with Crippen molar-refractivity contribution in [2.75, 3.05) is 19.1 Å². The van der Waals surface area contributed by atoms with Crippen LogP contribution in [0.15, 0.2) is 12.1 Å². The van der Waals surface area contributed by atoms with Gasteiger partial charge in [-0.15, -0.1) is 11.6 Å². The van der Waals surface area contributed by atoms with Crippen LogP contribution in [0.1, 0.15) is 24.9 Å². The first kappa shape index (κ1) is 14.3. The summed E-state index contributed by atoms with van der Waals surface area (Å²) >= 11 is 5.85. The number of rotatable bonds is 7. The van der Waals surface area contributed by atoms with Gasteiger partial charge in [0.25, 0.3) is 0 Å². The predicted molar refractivity (Wildman–Crippen MR) is 77.8 cm³/mol. The van der Waals surface area contributed by atoms with Gasteiger partial charge in [0.1, 0.15) is 11.3 Å². The van der Waals surface area contributed by atoms with E-state index in [1.807, 2.05) is 26.0 Å². The maximum absolute atomic E-state index is 5.85. The molecule has 2 heterocycles. The van der Waals surface area contributed by atoms with Crippen molar-refractivity contribution >= 4 is 22.8 Å². The number of hydrogen-bond acceptors (Lipinski definition) is 3. The zero-order valence-corrected chi connectivity index (χ0v) is 12.3. The highest BCUT2D eigenvalue weighted by molar-refractivity contribution is 6.17. The molecule has 0 aliphatic heterocycles. The molecule has 19 heavy (non-hydrogen) atoms. The lowest BCUT2D eigenvalue weighted by Gasteiger charge is -2.08. The summed E-state index contributed by atoms with van der Waals surface area (Å²) in [6.45, 7) is 6.41. The Morgan fingerprint density at radius 1 is 1.32 bits per heavy atom. The summed E-state index contributed by atoms with van der Waals surface area (Å²) < 4.78 is 7.56. The molecular formula is C14H20ClN3O. The number of pyridine rings is 1. The summed E-state index contributed by atoms with van der Waals surface area (Å²) in [6, 6.07) is 4.01. The van der Waals surface area contributed by atoms with Gasteiger partial charge in [0.15, 0.2) is 5.65 Å². The van der Waals surface area contributed by atoms with E-state index in [-0.39, 0.29) is 0 Å². The van der Waals surface area contributed by atoms with Crippen molar-refractivity contribution in [3.8, 4) is 0 Å². The number of imidazole rings is 1. The predicted octanol–water partition coefficient (Wildman–Crippen LogP) is 2.95. The molecule has 0 atom stereocenters. The van der Waals surface area contributed by atoms with Gasteiger partial charge < -0.3 is 9.30 Å². The quantitative estimate of drug-likeness (QED) is 0.579. The second-order valence-corrected chi connectivity index (χ2v) is 4.84. The van der Waals surface area contributed by atoms with Crippen LogP contribution in [0.5, 0.6) is 0 Å². The van der Waals surface area contributed by atoms with Crippen LogP contribution in [0.2, 0.25) is 0 Å². The van der Waals surface area contributed by atoms with Gasteiger partial charge in [-0.1, -0.05) is 0 Å². The fourth-order valence-electron chi connectivity index (χ4n) is 2.12. The Morgan fingerprint density at radius 3 is 2.89 bits per heavy atom. The van der Waals surface area contributed by atoms with E-state index in [2.05, 4.69) is 14.5 Å². The standard InChI is InChI=1S/C14H20ClN3O/c1-3-19-10-4-9-18-13(7-8-15)17-12-6-5-11(2)16-14(12)18/h5-6H,3-4,7-10H2,1-2H3. The minimum absolute atomic E-state index is 0.577. The smallest absolute Gasteiger partial charge is 0.160 e. The fourth-order valence-corrected chi connectivity index (χ4v) is 2.29. The lowest BCUT2D eigenvalue weighted by Crippen LogP contribution is -2.08. The third-order valence-electron chi connectivity index (χ3n) is 3.00. The van der Waals surface area contributed by atoms with Gasteiger partial charge in [-0.25, -0.2) is 9.97 Å². The van der Waals surface area contributed by atoms with Crippen LogP contribution in [0, 0.1) is 6.92 Å². The van der Waals surface area contributed by atoms with Gasteiger partial charge in [-0.05, 0) is 32.4 Å². The van der Waals surface area contributed by atoms with Crippen molar-refractivity contribution in [2.24, 2.45) is 0 Å². The van der Waals surface area contributed by atoms with Crippen molar-refractivity contribution in [1.29, 1.82) is 0 Å². The van der Waals surface area contributed by atoms with E-state index in [0.717, 1.165) is 55.3 Å². The van der Waals surface area contributed by atoms with Crippen LogP contribution < -0.4 is 0 Å². The molecule has 0 fully saturated rings. The first-order valence-electron chi connectivity index (χ1n) is 6.72. The number of alkyl halides is 1. The van der Waals surface area contributed by atoms with Gasteiger partial charge >= 0.3 is 0 Å². The zero-order valence-electron chi connectivity index (χ0n) is 11.5. The molecular weight excluding hydrogens is 262 g/mol. The molecule has 0 radical (unpaired) electrons. The molecule has 0 amide bonds. The van der Waals surface area contributed by atoms with Crippen molar-refractivity contribution in [2.45, 2.75) is 33.2 Å². The average molecular weight is 282 g/mol. The van der Waals surface area contributed by atoms with E-state index in [9.17, 15) is 0 Å². The topological polar surface area (TPSA) is 39.9 Å². The van der Waals surface area contributed by atoms with E-state index in [1.165, 1.54) is 0 Å². The molecule has 0 bridgehead atoms. The lowest BCUT2D eigenvalue weighted by molar-refractivity contribution is 0.141. The molecule has 0 aliphatic carbocycles. The maximum Gasteiger partial charge on any atom is 0.160 e. The number of aryl methyl sites for hydroxylation is 3. The van der Waals surface area contributed by atoms with E-state index < -0.39 is 0 Å². The number of ether oxygens (including phenoxy) is 1. The van der Waals surface area contributed by atoms with E-state index >= 15 is 0 Å². The molecule has 0 aliphatic rings. The maximum atomic E-state index is 5.85. The first-order valence-corrected chi connectivity index (χ1v) is 7.26. The molecule has 2 aromatic rings. The Morgan fingerprint density at radius 2 is 2.16 bits per heavy atom. The zero-order chi connectivity index (χ0) is 13.7. The minimum Gasteiger partial charge on any atom is -0.382 e. The summed E-state index contributed by atoms with van der Waals surface area (Å²) in [5.41, 5.74) is 2.91. The average Bonchev–Trinajstić information content (AvgIpc) is 2.73. The molecule has 0 spiro atoms. The Bertz CT molecular complexity index is 539. The summed E-state index contributed by atoms with van der Waals surface area (Å²) in [6.07, 6.45) is 1.73. The second-order valence-electron chi connectivity index (χ2n) is 4.46. The highest BCUT2D eigenvalue weighted by Crippen LogP contribution is 2.16. The summed E-state index contributed by atoms with van der Waals surface area (Å²) in [4.78, 5) is 9.21. The largest absolute Gasteiger partial charge is 0.382 e. The van der Waals surface area contributed by atoms with Crippen LogP contribution >= 0.6 is 11.6 Å². The van der Waals surface area contributed by atoms with Gasteiger partial charge in [-0.2, -0.15) is 0 Å². The van der Waals surface area contributed by atoms with Gasteiger partial charge in [0, 0.05) is 37.8 Å². The Balaban J connectivity index is 2.25. The molecule has 0 saturated carbocycles. The van der Waals surface area contributed by atoms with Crippen molar-refractivity contribution in [3.63, 3.8) is 0 Å². The molecule has 4 nitrogen and oxygen atoms in total. The normalized spacial score (nSPS) is 11.3. The second kappa shape index (κ2) is 6.87. The summed E-state index contributed by atoms with van der Waals surface area (Å²) in [5, 5.41) is 0. The van der Waals surface area contributed by atoms with Gasteiger partial charge in [0.05, 0.1) is 0 Å². The highest BCUT2D eigenvalue weighted by atomic mass is 35.5. The molecule has 0 aromatic carbocycles. The molecule has 5 heteroatoms. The number of aromatic nitrogens is 3. The van der Waals surface area contributed by atoms with Crippen molar-refractivity contribution in [1.82, 2.24) is 14.5 Å². The van der Waals surface area contributed by atoms with Crippen molar-refractivity contribution < 1.29 is 4.74 Å². The molecule has 0 N–H and O–H groups in total. The highest BCUT2D eigenvalue weighted by Gasteiger charge is 2.11. The first-order chi connectivity index (χ1) is 9.26.